The normalized spacial score (nSPS) is 14.2. The summed E-state index contributed by atoms with van der Waals surface area (Å²) in [7, 11) is 0. The number of ether oxygens (including phenoxy) is 1. The first-order valence-corrected chi connectivity index (χ1v) is 4.93. The fraction of sp³-hybridized carbons (Fsp3) is 0.364. The summed E-state index contributed by atoms with van der Waals surface area (Å²) < 4.78 is 18.3. The Hall–Kier alpha value is -1.62. The average molecular weight is 226 g/mol. The molecule has 0 aliphatic heterocycles. The van der Waals surface area contributed by atoms with Crippen LogP contribution in [-0.2, 0) is 4.79 Å². The number of benzene rings is 1. The third-order valence-corrected chi connectivity index (χ3v) is 2.17. The van der Waals surface area contributed by atoms with Gasteiger partial charge in [0.05, 0.1) is 0 Å². The van der Waals surface area contributed by atoms with E-state index in [1.165, 1.54) is 25.1 Å². The first kappa shape index (κ1) is 12.4. The number of nitrogens with two attached hydrogens (primary N) is 2. The van der Waals surface area contributed by atoms with E-state index in [0.29, 0.717) is 5.56 Å². The van der Waals surface area contributed by atoms with Gasteiger partial charge in [-0.1, -0.05) is 6.07 Å². The monoisotopic (exact) mass is 226 g/mol. The van der Waals surface area contributed by atoms with E-state index in [1.807, 2.05) is 0 Å². The summed E-state index contributed by atoms with van der Waals surface area (Å²) in [5.74, 6) is -0.808. The van der Waals surface area contributed by atoms with Gasteiger partial charge in [-0.3, -0.25) is 4.79 Å². The van der Waals surface area contributed by atoms with Crippen LogP contribution in [0.15, 0.2) is 18.2 Å². The highest BCUT2D eigenvalue weighted by Crippen LogP contribution is 2.25. The predicted octanol–water partition coefficient (Wildman–Crippen LogP) is 1.10. The zero-order valence-electron chi connectivity index (χ0n) is 9.24. The molecular weight excluding hydrogens is 211 g/mol. The second-order valence-corrected chi connectivity index (χ2v) is 3.63. The van der Waals surface area contributed by atoms with Crippen molar-refractivity contribution in [2.75, 3.05) is 0 Å². The molecule has 0 aliphatic rings. The molecule has 0 heterocycles. The Labute approximate surface area is 93.4 Å². The van der Waals surface area contributed by atoms with Gasteiger partial charge in [0.1, 0.15) is 11.6 Å². The van der Waals surface area contributed by atoms with Gasteiger partial charge in [-0.2, -0.15) is 0 Å². The van der Waals surface area contributed by atoms with Crippen molar-refractivity contribution in [3.05, 3.63) is 29.6 Å². The maximum atomic E-state index is 13.0. The van der Waals surface area contributed by atoms with Gasteiger partial charge in [0.25, 0.3) is 5.91 Å². The van der Waals surface area contributed by atoms with Crippen LogP contribution in [0.5, 0.6) is 5.75 Å². The van der Waals surface area contributed by atoms with Crippen molar-refractivity contribution in [2.45, 2.75) is 26.0 Å². The van der Waals surface area contributed by atoms with E-state index >= 15 is 0 Å². The summed E-state index contributed by atoms with van der Waals surface area (Å²) in [5, 5.41) is 0. The van der Waals surface area contributed by atoms with Crippen LogP contribution in [0, 0.1) is 5.82 Å². The molecule has 0 aliphatic carbocycles. The van der Waals surface area contributed by atoms with Crippen LogP contribution in [0.3, 0.4) is 0 Å². The first-order chi connectivity index (χ1) is 7.41. The Kier molecular flexibility index (Phi) is 3.84. The summed E-state index contributed by atoms with van der Waals surface area (Å²) in [6.45, 7) is 3.24. The van der Waals surface area contributed by atoms with Gasteiger partial charge in [-0.25, -0.2) is 4.39 Å². The van der Waals surface area contributed by atoms with Crippen molar-refractivity contribution in [3.8, 4) is 5.75 Å². The van der Waals surface area contributed by atoms with Crippen molar-refractivity contribution in [1.29, 1.82) is 0 Å². The molecule has 0 spiro atoms. The third-order valence-electron chi connectivity index (χ3n) is 2.17. The lowest BCUT2D eigenvalue weighted by atomic mass is 10.1. The van der Waals surface area contributed by atoms with Crippen molar-refractivity contribution in [2.24, 2.45) is 11.5 Å². The van der Waals surface area contributed by atoms with E-state index in [9.17, 15) is 9.18 Å². The molecular formula is C11H15FN2O2. The zero-order valence-corrected chi connectivity index (χ0v) is 9.24. The number of rotatable bonds is 4. The number of primary amides is 1. The topological polar surface area (TPSA) is 78.3 Å². The smallest absolute Gasteiger partial charge is 0.258 e. The number of carbonyl (C=O) groups excluding carboxylic acids is 1. The van der Waals surface area contributed by atoms with Crippen LogP contribution in [0.25, 0.3) is 0 Å². The van der Waals surface area contributed by atoms with E-state index in [2.05, 4.69) is 0 Å². The molecule has 1 aromatic carbocycles. The lowest BCUT2D eigenvalue weighted by molar-refractivity contribution is -0.124. The standard InChI is InChI=1S/C11H15FN2O2/c1-6(13)9-4-3-8(12)5-10(9)16-7(2)11(14)15/h3-7H,13H2,1-2H3,(H2,14,15)/t6-,7?/m1/s1. The quantitative estimate of drug-likeness (QED) is 0.806. The molecule has 1 aromatic rings. The van der Waals surface area contributed by atoms with Crippen LogP contribution in [-0.4, -0.2) is 12.0 Å². The molecule has 0 saturated heterocycles. The third kappa shape index (κ3) is 2.93. The Morgan fingerprint density at radius 3 is 2.56 bits per heavy atom. The molecule has 16 heavy (non-hydrogen) atoms. The molecule has 0 bridgehead atoms. The second kappa shape index (κ2) is 4.94. The van der Waals surface area contributed by atoms with Gasteiger partial charge < -0.3 is 16.2 Å². The molecule has 1 unspecified atom stereocenters. The molecule has 5 heteroatoms. The number of hydrogen-bond acceptors (Lipinski definition) is 3. The van der Waals surface area contributed by atoms with Crippen molar-refractivity contribution in [3.63, 3.8) is 0 Å². The highest BCUT2D eigenvalue weighted by Gasteiger charge is 2.15. The van der Waals surface area contributed by atoms with Gasteiger partial charge >= 0.3 is 0 Å². The molecule has 0 fully saturated rings. The predicted molar refractivity (Wildman–Crippen MR) is 58.3 cm³/mol. The fourth-order valence-electron chi connectivity index (χ4n) is 1.23. The van der Waals surface area contributed by atoms with E-state index in [0.717, 1.165) is 0 Å². The van der Waals surface area contributed by atoms with Crippen LogP contribution in [0.1, 0.15) is 25.5 Å². The summed E-state index contributed by atoms with van der Waals surface area (Å²) in [4.78, 5) is 10.8. The van der Waals surface area contributed by atoms with Crippen LogP contribution in [0.2, 0.25) is 0 Å². The highest BCUT2D eigenvalue weighted by atomic mass is 19.1. The molecule has 0 radical (unpaired) electrons. The van der Waals surface area contributed by atoms with E-state index in [1.54, 1.807) is 6.92 Å². The summed E-state index contributed by atoms with van der Waals surface area (Å²) in [6.07, 6.45) is -0.820. The van der Waals surface area contributed by atoms with Gasteiger partial charge in [0.15, 0.2) is 6.10 Å². The van der Waals surface area contributed by atoms with Crippen LogP contribution < -0.4 is 16.2 Å². The summed E-state index contributed by atoms with van der Waals surface area (Å²) >= 11 is 0. The Morgan fingerprint density at radius 1 is 1.44 bits per heavy atom. The molecule has 88 valence electrons. The molecule has 4 N–H and O–H groups in total. The summed E-state index contributed by atoms with van der Waals surface area (Å²) in [5.41, 5.74) is 11.4. The Balaban J connectivity index is 3.01. The molecule has 0 aromatic heterocycles. The number of hydrogen-bond donors (Lipinski definition) is 2. The van der Waals surface area contributed by atoms with E-state index < -0.39 is 17.8 Å². The van der Waals surface area contributed by atoms with Crippen LogP contribution in [0.4, 0.5) is 4.39 Å². The summed E-state index contributed by atoms with van der Waals surface area (Å²) in [6, 6.07) is 3.71. The Morgan fingerprint density at radius 2 is 2.06 bits per heavy atom. The maximum absolute atomic E-state index is 13.0. The van der Waals surface area contributed by atoms with Crippen molar-refractivity contribution >= 4 is 5.91 Å². The van der Waals surface area contributed by atoms with Gasteiger partial charge in [-0.05, 0) is 19.9 Å². The lowest BCUT2D eigenvalue weighted by Crippen LogP contribution is -2.31. The highest BCUT2D eigenvalue weighted by molar-refractivity contribution is 5.78. The number of halogens is 1. The molecule has 0 saturated carbocycles. The van der Waals surface area contributed by atoms with E-state index in [4.69, 9.17) is 16.2 Å². The molecule has 2 atom stereocenters. The number of amides is 1. The molecule has 1 rings (SSSR count). The van der Waals surface area contributed by atoms with Crippen LogP contribution >= 0.6 is 0 Å². The molecule has 4 nitrogen and oxygen atoms in total. The van der Waals surface area contributed by atoms with Gasteiger partial charge in [0.2, 0.25) is 0 Å². The fourth-order valence-corrected chi connectivity index (χ4v) is 1.23. The zero-order chi connectivity index (χ0) is 12.3. The largest absolute Gasteiger partial charge is 0.480 e. The molecule has 1 amide bonds. The maximum Gasteiger partial charge on any atom is 0.258 e. The number of carbonyl (C=O) groups is 1. The minimum absolute atomic E-state index is 0.251. The van der Waals surface area contributed by atoms with Crippen molar-refractivity contribution < 1.29 is 13.9 Å². The van der Waals surface area contributed by atoms with Crippen molar-refractivity contribution in [1.82, 2.24) is 0 Å². The first-order valence-electron chi connectivity index (χ1n) is 4.93. The lowest BCUT2D eigenvalue weighted by Gasteiger charge is -2.16. The SMILES string of the molecule is CC(Oc1cc(F)ccc1[C@@H](C)N)C(N)=O. The minimum Gasteiger partial charge on any atom is -0.480 e. The minimum atomic E-state index is -0.820. The Bertz CT molecular complexity index is 394. The average Bonchev–Trinajstić information content (AvgIpc) is 2.16. The second-order valence-electron chi connectivity index (χ2n) is 3.63. The van der Waals surface area contributed by atoms with Gasteiger partial charge in [0, 0.05) is 17.7 Å². The van der Waals surface area contributed by atoms with E-state index in [-0.39, 0.29) is 11.8 Å². The van der Waals surface area contributed by atoms with Gasteiger partial charge in [-0.15, -0.1) is 0 Å².